The zero-order chi connectivity index (χ0) is 21.8. The summed E-state index contributed by atoms with van der Waals surface area (Å²) in [5, 5.41) is 1.35. The molecule has 0 aliphatic carbocycles. The number of aryl methyl sites for hydroxylation is 2. The lowest BCUT2D eigenvalue weighted by Crippen LogP contribution is -2.42. The number of ether oxygens (including phenoxy) is 1. The molecule has 162 valence electrons. The minimum atomic E-state index is -0.0957. The van der Waals surface area contributed by atoms with E-state index in [1.165, 1.54) is 11.1 Å². The SMILES string of the molecule is Cc1cc(C)c2sc(N(CCN3CCOCC3)C(=O)/C=C/c3ccccc3Cl)nc2c1. The number of carbonyl (C=O) groups excluding carboxylic acids is 1. The first-order chi connectivity index (χ1) is 15.0. The Morgan fingerprint density at radius 2 is 2.03 bits per heavy atom. The van der Waals surface area contributed by atoms with Crippen molar-refractivity contribution in [2.75, 3.05) is 44.3 Å². The van der Waals surface area contributed by atoms with Gasteiger partial charge in [0.1, 0.15) is 0 Å². The monoisotopic (exact) mass is 455 g/mol. The molecule has 0 spiro atoms. The predicted molar refractivity (Wildman–Crippen MR) is 129 cm³/mol. The molecule has 7 heteroatoms. The molecule has 1 fully saturated rings. The highest BCUT2D eigenvalue weighted by Gasteiger charge is 2.20. The number of anilines is 1. The van der Waals surface area contributed by atoms with Crippen LogP contribution in [0, 0.1) is 13.8 Å². The lowest BCUT2D eigenvalue weighted by atomic mass is 10.1. The average molecular weight is 456 g/mol. The van der Waals surface area contributed by atoms with Crippen LogP contribution >= 0.6 is 22.9 Å². The summed E-state index contributed by atoms with van der Waals surface area (Å²) in [6.45, 7) is 8.76. The van der Waals surface area contributed by atoms with E-state index in [1.807, 2.05) is 24.3 Å². The van der Waals surface area contributed by atoms with Gasteiger partial charge in [0.15, 0.2) is 5.13 Å². The number of benzene rings is 2. The van der Waals surface area contributed by atoms with Crippen LogP contribution in [0.2, 0.25) is 5.02 Å². The van der Waals surface area contributed by atoms with Crippen LogP contribution in [-0.4, -0.2) is 55.2 Å². The Kier molecular flexibility index (Phi) is 7.02. The number of nitrogens with zero attached hydrogens (tertiary/aromatic N) is 3. The minimum Gasteiger partial charge on any atom is -0.379 e. The number of hydrogen-bond acceptors (Lipinski definition) is 5. The highest BCUT2D eigenvalue weighted by Crippen LogP contribution is 2.32. The van der Waals surface area contributed by atoms with Gasteiger partial charge in [0.05, 0.1) is 23.4 Å². The summed E-state index contributed by atoms with van der Waals surface area (Å²) in [5.74, 6) is -0.0957. The molecular formula is C24H26ClN3O2S. The molecule has 0 unspecified atom stereocenters. The molecule has 1 aliphatic rings. The van der Waals surface area contributed by atoms with Crippen LogP contribution < -0.4 is 4.90 Å². The topological polar surface area (TPSA) is 45.7 Å². The molecule has 1 aromatic heterocycles. The van der Waals surface area contributed by atoms with Gasteiger partial charge in [-0.25, -0.2) is 4.98 Å². The fourth-order valence-electron chi connectivity index (χ4n) is 3.71. The third-order valence-electron chi connectivity index (χ3n) is 5.36. The quantitative estimate of drug-likeness (QED) is 0.493. The van der Waals surface area contributed by atoms with E-state index in [1.54, 1.807) is 28.4 Å². The maximum atomic E-state index is 13.2. The summed E-state index contributed by atoms with van der Waals surface area (Å²) < 4.78 is 6.57. The first-order valence-corrected chi connectivity index (χ1v) is 11.6. The molecule has 2 heterocycles. The van der Waals surface area contributed by atoms with Gasteiger partial charge < -0.3 is 4.74 Å². The van der Waals surface area contributed by atoms with E-state index in [0.717, 1.165) is 53.8 Å². The standard InChI is InChI=1S/C24H26ClN3O2S/c1-17-15-18(2)23-21(16-17)26-24(31-23)28(10-9-27-11-13-30-14-12-27)22(29)8-7-19-5-3-4-6-20(19)25/h3-8,15-16H,9-14H2,1-2H3/b8-7+. The van der Waals surface area contributed by atoms with Crippen molar-refractivity contribution < 1.29 is 9.53 Å². The summed E-state index contributed by atoms with van der Waals surface area (Å²) in [4.78, 5) is 22.2. The molecule has 0 bridgehead atoms. The van der Waals surface area contributed by atoms with Crippen LogP contribution in [0.1, 0.15) is 16.7 Å². The van der Waals surface area contributed by atoms with E-state index < -0.39 is 0 Å². The number of amides is 1. The molecule has 5 nitrogen and oxygen atoms in total. The van der Waals surface area contributed by atoms with Gasteiger partial charge in [0.2, 0.25) is 0 Å². The number of halogens is 1. The summed E-state index contributed by atoms with van der Waals surface area (Å²) in [5.41, 5.74) is 4.12. The van der Waals surface area contributed by atoms with Gasteiger partial charge in [0.25, 0.3) is 5.91 Å². The van der Waals surface area contributed by atoms with Gasteiger partial charge >= 0.3 is 0 Å². The van der Waals surface area contributed by atoms with Crippen molar-refractivity contribution >= 4 is 50.3 Å². The van der Waals surface area contributed by atoms with Crippen LogP contribution in [0.5, 0.6) is 0 Å². The van der Waals surface area contributed by atoms with Crippen molar-refractivity contribution in [3.8, 4) is 0 Å². The average Bonchev–Trinajstić information content (AvgIpc) is 3.18. The largest absolute Gasteiger partial charge is 0.379 e. The Hall–Kier alpha value is -2.25. The zero-order valence-corrected chi connectivity index (χ0v) is 19.4. The summed E-state index contributed by atoms with van der Waals surface area (Å²) in [6, 6.07) is 11.7. The smallest absolute Gasteiger partial charge is 0.252 e. The molecule has 0 atom stereocenters. The van der Waals surface area contributed by atoms with Crippen molar-refractivity contribution in [3.63, 3.8) is 0 Å². The van der Waals surface area contributed by atoms with Crippen molar-refractivity contribution in [1.29, 1.82) is 0 Å². The van der Waals surface area contributed by atoms with Gasteiger partial charge in [-0.2, -0.15) is 0 Å². The number of fused-ring (bicyclic) bond motifs is 1. The van der Waals surface area contributed by atoms with Crippen molar-refractivity contribution in [1.82, 2.24) is 9.88 Å². The van der Waals surface area contributed by atoms with Crippen LogP contribution in [-0.2, 0) is 9.53 Å². The highest BCUT2D eigenvalue weighted by atomic mass is 35.5. The van der Waals surface area contributed by atoms with Gasteiger partial charge in [-0.15, -0.1) is 0 Å². The normalized spacial score (nSPS) is 15.1. The van der Waals surface area contributed by atoms with E-state index in [2.05, 4.69) is 30.9 Å². The Morgan fingerprint density at radius 3 is 2.81 bits per heavy atom. The molecule has 0 radical (unpaired) electrons. The lowest BCUT2D eigenvalue weighted by Gasteiger charge is -2.28. The highest BCUT2D eigenvalue weighted by molar-refractivity contribution is 7.22. The molecule has 31 heavy (non-hydrogen) atoms. The third-order valence-corrected chi connectivity index (χ3v) is 6.93. The molecule has 3 aromatic rings. The lowest BCUT2D eigenvalue weighted by molar-refractivity contribution is -0.114. The number of aromatic nitrogens is 1. The Morgan fingerprint density at radius 1 is 1.26 bits per heavy atom. The summed E-state index contributed by atoms with van der Waals surface area (Å²) in [6.07, 6.45) is 3.36. The van der Waals surface area contributed by atoms with Crippen molar-refractivity contribution in [2.45, 2.75) is 13.8 Å². The summed E-state index contributed by atoms with van der Waals surface area (Å²) >= 11 is 7.82. The van der Waals surface area contributed by atoms with E-state index in [9.17, 15) is 4.79 Å². The van der Waals surface area contributed by atoms with Gasteiger partial charge in [-0.3, -0.25) is 14.6 Å². The summed E-state index contributed by atoms with van der Waals surface area (Å²) in [7, 11) is 0. The second kappa shape index (κ2) is 9.92. The molecule has 1 aliphatic heterocycles. The third kappa shape index (κ3) is 5.33. The van der Waals surface area contributed by atoms with Crippen molar-refractivity contribution in [2.24, 2.45) is 0 Å². The van der Waals surface area contributed by atoms with E-state index >= 15 is 0 Å². The number of rotatable bonds is 6. The number of morpholine rings is 1. The zero-order valence-electron chi connectivity index (χ0n) is 17.8. The first kappa shape index (κ1) is 22.0. The second-order valence-electron chi connectivity index (χ2n) is 7.73. The van der Waals surface area contributed by atoms with Gasteiger partial charge in [0, 0.05) is 37.3 Å². The predicted octanol–water partition coefficient (Wildman–Crippen LogP) is 4.95. The number of thiazole rings is 1. The van der Waals surface area contributed by atoms with E-state index in [-0.39, 0.29) is 5.91 Å². The molecule has 0 N–H and O–H groups in total. The molecule has 1 amide bonds. The Balaban J connectivity index is 1.61. The van der Waals surface area contributed by atoms with Crippen LogP contribution in [0.25, 0.3) is 16.3 Å². The van der Waals surface area contributed by atoms with E-state index in [0.29, 0.717) is 11.6 Å². The molecule has 1 saturated heterocycles. The van der Waals surface area contributed by atoms with Crippen LogP contribution in [0.3, 0.4) is 0 Å². The maximum Gasteiger partial charge on any atom is 0.252 e. The fraction of sp³-hybridized carbons (Fsp3) is 0.333. The second-order valence-corrected chi connectivity index (χ2v) is 9.11. The van der Waals surface area contributed by atoms with Gasteiger partial charge in [-0.1, -0.05) is 47.2 Å². The van der Waals surface area contributed by atoms with Crippen LogP contribution in [0.15, 0.2) is 42.5 Å². The fourth-order valence-corrected chi connectivity index (χ4v) is 4.95. The first-order valence-electron chi connectivity index (χ1n) is 10.4. The Labute approximate surface area is 191 Å². The molecule has 4 rings (SSSR count). The van der Waals surface area contributed by atoms with Crippen molar-refractivity contribution in [3.05, 3.63) is 64.2 Å². The van der Waals surface area contributed by atoms with Gasteiger partial charge in [-0.05, 0) is 48.7 Å². The molecule has 2 aromatic carbocycles. The maximum absolute atomic E-state index is 13.2. The Bertz CT molecular complexity index is 1110. The van der Waals surface area contributed by atoms with E-state index in [4.69, 9.17) is 21.3 Å². The number of hydrogen-bond donors (Lipinski definition) is 0. The molecule has 0 saturated carbocycles. The number of carbonyl (C=O) groups is 1. The van der Waals surface area contributed by atoms with Crippen LogP contribution in [0.4, 0.5) is 5.13 Å². The minimum absolute atomic E-state index is 0.0957. The molecular weight excluding hydrogens is 430 g/mol.